The van der Waals surface area contributed by atoms with E-state index in [1.54, 1.807) is 49.6 Å². The second-order valence-corrected chi connectivity index (χ2v) is 7.81. The molecule has 0 radical (unpaired) electrons. The topological polar surface area (TPSA) is 76.1 Å². The van der Waals surface area contributed by atoms with Gasteiger partial charge in [0.15, 0.2) is 0 Å². The maximum atomic E-state index is 13.0. The molecule has 2 aliphatic heterocycles. The van der Waals surface area contributed by atoms with Crippen LogP contribution in [0, 0.1) is 0 Å². The molecule has 2 aromatic carbocycles. The molecule has 2 heterocycles. The first kappa shape index (κ1) is 20.4. The fraction of sp³-hybridized carbons (Fsp3) is 0.304. The summed E-state index contributed by atoms with van der Waals surface area (Å²) in [7, 11) is 1.55. The lowest BCUT2D eigenvalue weighted by atomic mass is 9.95. The van der Waals surface area contributed by atoms with Crippen LogP contribution in [0.4, 0.5) is 0 Å². The number of aliphatic hydroxyl groups excluding tert-OH is 1. The van der Waals surface area contributed by atoms with Crippen molar-refractivity contribution in [2.45, 2.75) is 25.0 Å². The molecule has 6 nitrogen and oxygen atoms in total. The van der Waals surface area contributed by atoms with Crippen molar-refractivity contribution in [3.05, 3.63) is 70.3 Å². The van der Waals surface area contributed by atoms with E-state index in [-0.39, 0.29) is 24.0 Å². The molecule has 0 bridgehead atoms. The van der Waals surface area contributed by atoms with E-state index in [1.807, 2.05) is 6.07 Å². The molecule has 30 heavy (non-hydrogen) atoms. The first-order valence-corrected chi connectivity index (χ1v) is 10.2. The van der Waals surface area contributed by atoms with Crippen LogP contribution in [0.25, 0.3) is 5.76 Å². The fourth-order valence-electron chi connectivity index (χ4n) is 4.00. The number of nitrogens with zero attached hydrogens (tertiary/aromatic N) is 1. The van der Waals surface area contributed by atoms with E-state index in [4.69, 9.17) is 21.1 Å². The predicted octanol–water partition coefficient (Wildman–Crippen LogP) is 3.95. The Kier molecular flexibility index (Phi) is 5.79. The normalized spacial score (nSPS) is 23.2. The van der Waals surface area contributed by atoms with Crippen LogP contribution in [0.1, 0.15) is 30.0 Å². The lowest BCUT2D eigenvalue weighted by Crippen LogP contribution is -2.36. The van der Waals surface area contributed by atoms with E-state index in [9.17, 15) is 14.7 Å². The van der Waals surface area contributed by atoms with Crippen molar-refractivity contribution < 1.29 is 24.2 Å². The second-order valence-electron chi connectivity index (χ2n) is 7.37. The Hall–Kier alpha value is -2.83. The highest BCUT2D eigenvalue weighted by atomic mass is 35.5. The quantitative estimate of drug-likeness (QED) is 0.444. The van der Waals surface area contributed by atoms with Gasteiger partial charge in [-0.25, -0.2) is 0 Å². The number of methoxy groups -OCH3 is 1. The van der Waals surface area contributed by atoms with Crippen molar-refractivity contribution in [3.63, 3.8) is 0 Å². The van der Waals surface area contributed by atoms with Crippen LogP contribution in [0.15, 0.2) is 54.1 Å². The third-order valence-electron chi connectivity index (χ3n) is 5.49. The molecule has 2 fully saturated rings. The van der Waals surface area contributed by atoms with Crippen molar-refractivity contribution in [1.82, 2.24) is 4.90 Å². The van der Waals surface area contributed by atoms with Gasteiger partial charge in [0, 0.05) is 23.7 Å². The molecular weight excluding hydrogens is 406 g/mol. The SMILES string of the molecule is COc1cccc([C@H]2/C(=C(\O)c3ccc(Cl)cc3)C(=O)C(=O)N2C[C@@H]2CCCO2)c1. The number of likely N-dealkylation sites (tertiary alicyclic amines) is 1. The van der Waals surface area contributed by atoms with Crippen LogP contribution in [-0.2, 0) is 14.3 Å². The number of carbonyl (C=O) groups is 2. The lowest BCUT2D eigenvalue weighted by molar-refractivity contribution is -0.140. The maximum absolute atomic E-state index is 13.0. The van der Waals surface area contributed by atoms with Gasteiger partial charge in [-0.3, -0.25) is 9.59 Å². The van der Waals surface area contributed by atoms with E-state index in [2.05, 4.69) is 0 Å². The number of hydrogen-bond donors (Lipinski definition) is 1. The first-order chi connectivity index (χ1) is 14.5. The largest absolute Gasteiger partial charge is 0.507 e. The first-order valence-electron chi connectivity index (χ1n) is 9.79. The molecule has 0 aromatic heterocycles. The Balaban J connectivity index is 1.83. The van der Waals surface area contributed by atoms with Crippen molar-refractivity contribution in [3.8, 4) is 5.75 Å². The number of Topliss-reactive ketones (excluding diaryl/α,β-unsaturated/α-hetero) is 1. The van der Waals surface area contributed by atoms with E-state index in [0.29, 0.717) is 28.5 Å². The Morgan fingerprint density at radius 1 is 1.23 bits per heavy atom. The minimum atomic E-state index is -0.736. The summed E-state index contributed by atoms with van der Waals surface area (Å²) in [5, 5.41) is 11.5. The summed E-state index contributed by atoms with van der Waals surface area (Å²) in [6.45, 7) is 0.924. The summed E-state index contributed by atoms with van der Waals surface area (Å²) in [4.78, 5) is 27.5. The Morgan fingerprint density at radius 2 is 2.00 bits per heavy atom. The zero-order valence-electron chi connectivity index (χ0n) is 16.5. The van der Waals surface area contributed by atoms with Gasteiger partial charge < -0.3 is 19.5 Å². The molecular formula is C23H22ClNO5. The summed E-state index contributed by atoms with van der Waals surface area (Å²) in [5.41, 5.74) is 1.15. The molecule has 4 rings (SSSR count). The average Bonchev–Trinajstić information content (AvgIpc) is 3.36. The van der Waals surface area contributed by atoms with Gasteiger partial charge in [0.05, 0.1) is 24.8 Å². The minimum absolute atomic E-state index is 0.0496. The molecule has 0 saturated carbocycles. The van der Waals surface area contributed by atoms with E-state index >= 15 is 0 Å². The smallest absolute Gasteiger partial charge is 0.295 e. The summed E-state index contributed by atoms with van der Waals surface area (Å²) < 4.78 is 11.0. The lowest BCUT2D eigenvalue weighted by Gasteiger charge is -2.27. The molecule has 2 aliphatic rings. The third kappa shape index (κ3) is 3.80. The van der Waals surface area contributed by atoms with Gasteiger partial charge in [0.25, 0.3) is 11.7 Å². The maximum Gasteiger partial charge on any atom is 0.295 e. The van der Waals surface area contributed by atoms with Gasteiger partial charge in [-0.05, 0) is 54.8 Å². The van der Waals surface area contributed by atoms with Crippen LogP contribution in [0.5, 0.6) is 5.75 Å². The van der Waals surface area contributed by atoms with Gasteiger partial charge >= 0.3 is 0 Å². The standard InChI is InChI=1S/C23H22ClNO5/c1-29-17-5-2-4-15(12-17)20-19(21(26)14-7-9-16(24)10-8-14)22(27)23(28)25(20)13-18-6-3-11-30-18/h2,4-5,7-10,12,18,20,26H,3,6,11,13H2,1H3/b21-19+/t18-,20-/m0/s1. The van der Waals surface area contributed by atoms with E-state index < -0.39 is 17.7 Å². The van der Waals surface area contributed by atoms with Crippen LogP contribution < -0.4 is 4.74 Å². The number of benzene rings is 2. The predicted molar refractivity (Wildman–Crippen MR) is 112 cm³/mol. The highest BCUT2D eigenvalue weighted by molar-refractivity contribution is 6.46. The summed E-state index contributed by atoms with van der Waals surface area (Å²) in [5.74, 6) is -0.989. The van der Waals surface area contributed by atoms with Crippen LogP contribution >= 0.6 is 11.6 Å². The number of rotatable bonds is 5. The molecule has 2 aromatic rings. The number of ether oxygens (including phenoxy) is 2. The van der Waals surface area contributed by atoms with E-state index in [1.165, 1.54) is 4.90 Å². The van der Waals surface area contributed by atoms with Crippen LogP contribution in [-0.4, -0.2) is 48.1 Å². The zero-order chi connectivity index (χ0) is 21.3. The molecule has 0 aliphatic carbocycles. The Bertz CT molecular complexity index is 995. The van der Waals surface area contributed by atoms with Crippen molar-refractivity contribution in [1.29, 1.82) is 0 Å². The molecule has 0 spiro atoms. The number of amides is 1. The summed E-state index contributed by atoms with van der Waals surface area (Å²) in [6, 6.07) is 12.9. The highest BCUT2D eigenvalue weighted by Gasteiger charge is 2.47. The number of carbonyl (C=O) groups excluding carboxylic acids is 2. The van der Waals surface area contributed by atoms with Crippen molar-refractivity contribution in [2.24, 2.45) is 0 Å². The molecule has 7 heteroatoms. The Labute approximate surface area is 179 Å². The summed E-state index contributed by atoms with van der Waals surface area (Å²) >= 11 is 5.95. The van der Waals surface area contributed by atoms with Crippen molar-refractivity contribution >= 4 is 29.1 Å². The number of aliphatic hydroxyl groups is 1. The molecule has 2 atom stereocenters. The third-order valence-corrected chi connectivity index (χ3v) is 5.74. The fourth-order valence-corrected chi connectivity index (χ4v) is 4.12. The molecule has 1 amide bonds. The second kappa shape index (κ2) is 8.50. The average molecular weight is 428 g/mol. The zero-order valence-corrected chi connectivity index (χ0v) is 17.3. The Morgan fingerprint density at radius 3 is 2.67 bits per heavy atom. The van der Waals surface area contributed by atoms with E-state index in [0.717, 1.165) is 12.8 Å². The molecule has 0 unspecified atom stereocenters. The molecule has 1 N–H and O–H groups in total. The van der Waals surface area contributed by atoms with Gasteiger partial charge in [0.1, 0.15) is 11.5 Å². The van der Waals surface area contributed by atoms with Crippen molar-refractivity contribution in [2.75, 3.05) is 20.3 Å². The summed E-state index contributed by atoms with van der Waals surface area (Å²) in [6.07, 6.45) is 1.61. The highest BCUT2D eigenvalue weighted by Crippen LogP contribution is 2.41. The van der Waals surface area contributed by atoms with Gasteiger partial charge in [-0.2, -0.15) is 0 Å². The van der Waals surface area contributed by atoms with Crippen LogP contribution in [0.2, 0.25) is 5.02 Å². The number of halogens is 1. The van der Waals surface area contributed by atoms with Crippen LogP contribution in [0.3, 0.4) is 0 Å². The minimum Gasteiger partial charge on any atom is -0.507 e. The number of ketones is 1. The molecule has 156 valence electrons. The molecule has 2 saturated heterocycles. The van der Waals surface area contributed by atoms with Gasteiger partial charge in [-0.15, -0.1) is 0 Å². The monoisotopic (exact) mass is 427 g/mol. The van der Waals surface area contributed by atoms with Gasteiger partial charge in [0.2, 0.25) is 0 Å². The number of hydrogen-bond acceptors (Lipinski definition) is 5. The van der Waals surface area contributed by atoms with Gasteiger partial charge in [-0.1, -0.05) is 23.7 Å².